The van der Waals surface area contributed by atoms with Gasteiger partial charge in [0, 0.05) is 11.1 Å². The van der Waals surface area contributed by atoms with Gasteiger partial charge in [-0.3, -0.25) is 0 Å². The second-order valence-electron chi connectivity index (χ2n) is 5.13. The maximum atomic E-state index is 11.8. The van der Waals surface area contributed by atoms with Crippen LogP contribution in [0, 0.1) is 11.3 Å². The number of hydrogen-bond acceptors (Lipinski definition) is 5. The summed E-state index contributed by atoms with van der Waals surface area (Å²) in [7, 11) is 0. The average Bonchev–Trinajstić information content (AvgIpc) is 2.62. The third-order valence-electron chi connectivity index (χ3n) is 3.17. The molecule has 2 rings (SSSR count). The van der Waals surface area contributed by atoms with Gasteiger partial charge in [-0.05, 0) is 37.3 Å². The molecule has 2 aromatic carbocycles. The Labute approximate surface area is 161 Å². The van der Waals surface area contributed by atoms with Crippen molar-refractivity contribution < 1.29 is 19.0 Å². The monoisotopic (exact) mass is 391 g/mol. The summed E-state index contributed by atoms with van der Waals surface area (Å²) in [6, 6.07) is 11.4. The topological polar surface area (TPSA) is 68.6 Å². The fraction of sp³-hybridized carbons (Fsp3) is 0.158. The maximum absolute atomic E-state index is 11.8. The zero-order chi connectivity index (χ0) is 19.1. The lowest BCUT2D eigenvalue weighted by Crippen LogP contribution is -2.26. The number of hydrogen-bond donors (Lipinski definition) is 0. The minimum atomic E-state index is -0.906. The fourth-order valence-electron chi connectivity index (χ4n) is 1.94. The molecule has 0 aliphatic carbocycles. The first-order chi connectivity index (χ1) is 12.4. The van der Waals surface area contributed by atoms with Gasteiger partial charge >= 0.3 is 5.97 Å². The van der Waals surface area contributed by atoms with Crippen LogP contribution in [-0.4, -0.2) is 18.7 Å². The van der Waals surface area contributed by atoms with Crippen LogP contribution in [0.15, 0.2) is 49.1 Å². The van der Waals surface area contributed by atoms with Crippen molar-refractivity contribution in [3.63, 3.8) is 0 Å². The Kier molecular flexibility index (Phi) is 6.90. The van der Waals surface area contributed by atoms with Gasteiger partial charge in [0.05, 0.1) is 10.6 Å². The molecule has 0 saturated carbocycles. The van der Waals surface area contributed by atoms with Crippen LogP contribution in [0.1, 0.15) is 12.5 Å². The first-order valence-electron chi connectivity index (χ1n) is 7.56. The van der Waals surface area contributed by atoms with E-state index in [1.165, 1.54) is 25.1 Å². The summed E-state index contributed by atoms with van der Waals surface area (Å²) in [6.07, 6.45) is 0.548. The molecular weight excluding hydrogens is 377 g/mol. The Morgan fingerprint density at radius 3 is 2.69 bits per heavy atom. The van der Waals surface area contributed by atoms with Gasteiger partial charge in [-0.2, -0.15) is 5.26 Å². The molecule has 5 nitrogen and oxygen atoms in total. The fourth-order valence-corrected chi connectivity index (χ4v) is 2.39. The van der Waals surface area contributed by atoms with Crippen molar-refractivity contribution in [2.45, 2.75) is 13.0 Å². The number of carbonyl (C=O) groups excluding carboxylic acids is 1. The number of benzene rings is 2. The first kappa shape index (κ1) is 19.6. The van der Waals surface area contributed by atoms with E-state index >= 15 is 0 Å². The number of ether oxygens (including phenoxy) is 3. The summed E-state index contributed by atoms with van der Waals surface area (Å²) in [5.74, 6) is 0.402. The van der Waals surface area contributed by atoms with E-state index in [0.29, 0.717) is 21.5 Å². The second kappa shape index (κ2) is 9.14. The number of nitrogens with zero attached hydrogens (tertiary/aromatic N) is 1. The van der Waals surface area contributed by atoms with Gasteiger partial charge in [-0.15, -0.1) is 0 Å². The van der Waals surface area contributed by atoms with E-state index in [1.807, 2.05) is 6.07 Å². The molecule has 0 spiro atoms. The Morgan fingerprint density at radius 2 is 2.04 bits per heavy atom. The van der Waals surface area contributed by atoms with Crippen molar-refractivity contribution in [2.75, 3.05) is 6.61 Å². The van der Waals surface area contributed by atoms with E-state index in [2.05, 4.69) is 6.58 Å². The lowest BCUT2D eigenvalue weighted by atomic mass is 10.2. The van der Waals surface area contributed by atoms with Crippen LogP contribution < -0.4 is 9.47 Å². The normalized spacial score (nSPS) is 11.2. The van der Waals surface area contributed by atoms with Crippen LogP contribution in [0.25, 0.3) is 0 Å². The van der Waals surface area contributed by atoms with Crippen molar-refractivity contribution in [3.8, 4) is 23.3 Å². The van der Waals surface area contributed by atoms with Gasteiger partial charge in [-0.1, -0.05) is 35.9 Å². The standard InChI is InChI=1S/C19H15Cl2NO4/c1-3-8-24-19(23)12(2)25-18-10-15(6-4-13(18)11-22)26-17-7-5-14(20)9-16(17)21/h3-7,9-10,12H,1,8H2,2H3. The molecule has 1 atom stereocenters. The van der Waals surface area contributed by atoms with Gasteiger partial charge < -0.3 is 14.2 Å². The van der Waals surface area contributed by atoms with E-state index in [0.717, 1.165) is 0 Å². The highest BCUT2D eigenvalue weighted by atomic mass is 35.5. The molecule has 1 unspecified atom stereocenters. The largest absolute Gasteiger partial charge is 0.477 e. The zero-order valence-corrected chi connectivity index (χ0v) is 15.4. The quantitative estimate of drug-likeness (QED) is 0.481. The summed E-state index contributed by atoms with van der Waals surface area (Å²) in [5.41, 5.74) is 0.253. The number of esters is 1. The van der Waals surface area contributed by atoms with Crippen molar-refractivity contribution >= 4 is 29.2 Å². The highest BCUT2D eigenvalue weighted by Gasteiger charge is 2.18. The van der Waals surface area contributed by atoms with Crippen molar-refractivity contribution in [3.05, 3.63) is 64.7 Å². The molecule has 0 saturated heterocycles. The second-order valence-corrected chi connectivity index (χ2v) is 5.97. The molecule has 26 heavy (non-hydrogen) atoms. The molecule has 0 radical (unpaired) electrons. The van der Waals surface area contributed by atoms with Crippen LogP contribution in [0.5, 0.6) is 17.2 Å². The van der Waals surface area contributed by atoms with Crippen LogP contribution in [0.4, 0.5) is 0 Å². The van der Waals surface area contributed by atoms with Crippen LogP contribution in [0.2, 0.25) is 10.0 Å². The Morgan fingerprint density at radius 1 is 1.27 bits per heavy atom. The number of nitriles is 1. The van der Waals surface area contributed by atoms with E-state index in [1.54, 1.807) is 24.3 Å². The van der Waals surface area contributed by atoms with Gasteiger partial charge in [0.1, 0.15) is 29.9 Å². The van der Waals surface area contributed by atoms with Gasteiger partial charge in [0.15, 0.2) is 6.10 Å². The summed E-state index contributed by atoms with van der Waals surface area (Å²) < 4.78 is 16.2. The van der Waals surface area contributed by atoms with Gasteiger partial charge in [0.25, 0.3) is 0 Å². The summed E-state index contributed by atoms with van der Waals surface area (Å²) in [4.78, 5) is 11.8. The average molecular weight is 392 g/mol. The molecule has 0 N–H and O–H groups in total. The van der Waals surface area contributed by atoms with E-state index < -0.39 is 12.1 Å². The number of carbonyl (C=O) groups is 1. The van der Waals surface area contributed by atoms with E-state index in [4.69, 9.17) is 37.4 Å². The lowest BCUT2D eigenvalue weighted by molar-refractivity contribution is -0.149. The van der Waals surface area contributed by atoms with Crippen LogP contribution >= 0.6 is 23.2 Å². The molecule has 0 fully saturated rings. The summed E-state index contributed by atoms with van der Waals surface area (Å²) in [5, 5.41) is 10.1. The molecule has 0 aliphatic rings. The zero-order valence-electron chi connectivity index (χ0n) is 13.9. The Hall–Kier alpha value is -2.68. The van der Waals surface area contributed by atoms with Crippen LogP contribution in [-0.2, 0) is 9.53 Å². The molecular formula is C19H15Cl2NO4. The molecule has 0 aromatic heterocycles. The summed E-state index contributed by atoms with van der Waals surface area (Å²) in [6.45, 7) is 5.07. The molecule has 0 bridgehead atoms. The smallest absolute Gasteiger partial charge is 0.347 e. The van der Waals surface area contributed by atoms with Crippen molar-refractivity contribution in [2.24, 2.45) is 0 Å². The van der Waals surface area contributed by atoms with Crippen molar-refractivity contribution in [1.82, 2.24) is 0 Å². The third-order valence-corrected chi connectivity index (χ3v) is 3.70. The van der Waals surface area contributed by atoms with Crippen molar-refractivity contribution in [1.29, 1.82) is 5.26 Å². The molecule has 7 heteroatoms. The third kappa shape index (κ3) is 5.16. The first-order valence-corrected chi connectivity index (χ1v) is 8.31. The Bertz CT molecular complexity index is 861. The number of rotatable bonds is 7. The highest BCUT2D eigenvalue weighted by molar-refractivity contribution is 6.35. The predicted octanol–water partition coefficient (Wildman–Crippen LogP) is 5.15. The molecule has 134 valence electrons. The molecule has 0 heterocycles. The lowest BCUT2D eigenvalue weighted by Gasteiger charge is -2.15. The molecule has 0 amide bonds. The minimum Gasteiger partial charge on any atom is -0.477 e. The van der Waals surface area contributed by atoms with Gasteiger partial charge in [0.2, 0.25) is 0 Å². The number of halogens is 2. The molecule has 2 aromatic rings. The van der Waals surface area contributed by atoms with Crippen LogP contribution in [0.3, 0.4) is 0 Å². The Balaban J connectivity index is 2.21. The SMILES string of the molecule is C=CCOC(=O)C(C)Oc1cc(Oc2ccc(Cl)cc2Cl)ccc1C#N. The highest BCUT2D eigenvalue weighted by Crippen LogP contribution is 2.34. The van der Waals surface area contributed by atoms with Gasteiger partial charge in [-0.25, -0.2) is 4.79 Å². The predicted molar refractivity (Wildman–Crippen MR) is 98.9 cm³/mol. The maximum Gasteiger partial charge on any atom is 0.347 e. The van der Waals surface area contributed by atoms with E-state index in [9.17, 15) is 10.1 Å². The molecule has 0 aliphatic heterocycles. The minimum absolute atomic E-state index is 0.0792. The van der Waals surface area contributed by atoms with E-state index in [-0.39, 0.29) is 17.9 Å². The summed E-state index contributed by atoms with van der Waals surface area (Å²) >= 11 is 12.0.